The molecule has 0 aliphatic rings. The molecule has 1 aromatic carbocycles. The van der Waals surface area contributed by atoms with Crippen LogP contribution in [0.2, 0.25) is 0 Å². The Morgan fingerprint density at radius 3 is 2.71 bits per heavy atom. The van der Waals surface area contributed by atoms with Crippen LogP contribution in [0.5, 0.6) is 11.6 Å². The van der Waals surface area contributed by atoms with Crippen LogP contribution in [0.25, 0.3) is 0 Å². The number of nitrogens with zero attached hydrogens (tertiary/aromatic N) is 2. The highest BCUT2D eigenvalue weighted by Crippen LogP contribution is 2.24. The minimum absolute atomic E-state index is 0.268. The number of benzene rings is 1. The summed E-state index contributed by atoms with van der Waals surface area (Å²) < 4.78 is 5.46. The van der Waals surface area contributed by atoms with Gasteiger partial charge in [0.25, 0.3) is 0 Å². The summed E-state index contributed by atoms with van der Waals surface area (Å²) in [5.74, 6) is 1.26. The van der Waals surface area contributed by atoms with Crippen molar-refractivity contribution in [1.29, 1.82) is 0 Å². The van der Waals surface area contributed by atoms with Crippen LogP contribution in [0.3, 0.4) is 0 Å². The highest BCUT2D eigenvalue weighted by atomic mass is 16.5. The SMILES string of the molecule is CCCOc1ncnc(NCCc2ccc(O)cc2)c1N. The Morgan fingerprint density at radius 1 is 1.24 bits per heavy atom. The van der Waals surface area contributed by atoms with Crippen molar-refractivity contribution in [2.45, 2.75) is 19.8 Å². The van der Waals surface area contributed by atoms with E-state index in [1.54, 1.807) is 12.1 Å². The van der Waals surface area contributed by atoms with Crippen LogP contribution in [0.4, 0.5) is 11.5 Å². The lowest BCUT2D eigenvalue weighted by Gasteiger charge is -2.11. The van der Waals surface area contributed by atoms with Crippen molar-refractivity contribution in [2.24, 2.45) is 0 Å². The zero-order valence-corrected chi connectivity index (χ0v) is 12.0. The van der Waals surface area contributed by atoms with E-state index in [4.69, 9.17) is 10.5 Å². The predicted molar refractivity (Wildman–Crippen MR) is 82.5 cm³/mol. The van der Waals surface area contributed by atoms with Crippen LogP contribution in [0.1, 0.15) is 18.9 Å². The quantitative estimate of drug-likeness (QED) is 0.723. The maximum absolute atomic E-state index is 9.23. The van der Waals surface area contributed by atoms with Crippen molar-refractivity contribution in [3.05, 3.63) is 36.2 Å². The maximum Gasteiger partial charge on any atom is 0.242 e. The summed E-state index contributed by atoms with van der Waals surface area (Å²) in [6.07, 6.45) is 3.13. The monoisotopic (exact) mass is 288 g/mol. The average molecular weight is 288 g/mol. The van der Waals surface area contributed by atoms with Crippen molar-refractivity contribution in [2.75, 3.05) is 24.2 Å². The first-order valence-electron chi connectivity index (χ1n) is 6.95. The minimum atomic E-state index is 0.268. The summed E-state index contributed by atoms with van der Waals surface area (Å²) in [5, 5.41) is 12.4. The van der Waals surface area contributed by atoms with E-state index in [0.29, 0.717) is 30.5 Å². The van der Waals surface area contributed by atoms with Gasteiger partial charge in [-0.3, -0.25) is 0 Å². The third-order valence-corrected chi connectivity index (χ3v) is 2.93. The van der Waals surface area contributed by atoms with Crippen LogP contribution in [-0.2, 0) is 6.42 Å². The van der Waals surface area contributed by atoms with E-state index in [-0.39, 0.29) is 5.75 Å². The fourth-order valence-electron chi connectivity index (χ4n) is 1.82. The molecule has 2 aromatic rings. The number of aromatic hydroxyl groups is 1. The van der Waals surface area contributed by atoms with Crippen LogP contribution in [-0.4, -0.2) is 28.2 Å². The first kappa shape index (κ1) is 14.9. The molecule has 0 bridgehead atoms. The Kier molecular flexibility index (Phi) is 5.20. The van der Waals surface area contributed by atoms with Crippen molar-refractivity contribution >= 4 is 11.5 Å². The molecule has 0 fully saturated rings. The lowest BCUT2D eigenvalue weighted by molar-refractivity contribution is 0.306. The van der Waals surface area contributed by atoms with Gasteiger partial charge in [0.15, 0.2) is 5.82 Å². The number of rotatable bonds is 7. The topological polar surface area (TPSA) is 93.3 Å². The number of anilines is 2. The predicted octanol–water partition coefficient (Wildman–Crippen LogP) is 2.21. The van der Waals surface area contributed by atoms with Crippen LogP contribution in [0, 0.1) is 0 Å². The number of phenolic OH excluding ortho intramolecular Hbond substituents is 1. The molecule has 6 nitrogen and oxygen atoms in total. The fraction of sp³-hybridized carbons (Fsp3) is 0.333. The first-order valence-corrected chi connectivity index (χ1v) is 6.95. The molecule has 1 aromatic heterocycles. The van der Waals surface area contributed by atoms with Gasteiger partial charge in [-0.25, -0.2) is 4.98 Å². The minimum Gasteiger partial charge on any atom is -0.508 e. The van der Waals surface area contributed by atoms with E-state index >= 15 is 0 Å². The number of phenols is 1. The highest BCUT2D eigenvalue weighted by molar-refractivity contribution is 5.66. The maximum atomic E-state index is 9.23. The summed E-state index contributed by atoms with van der Waals surface area (Å²) in [7, 11) is 0. The van der Waals surface area contributed by atoms with Gasteiger partial charge in [-0.1, -0.05) is 19.1 Å². The van der Waals surface area contributed by atoms with Gasteiger partial charge in [0.05, 0.1) is 6.61 Å². The van der Waals surface area contributed by atoms with Crippen molar-refractivity contribution in [3.63, 3.8) is 0 Å². The summed E-state index contributed by atoms with van der Waals surface area (Å²) in [6, 6.07) is 7.11. The number of ether oxygens (including phenoxy) is 1. The third-order valence-electron chi connectivity index (χ3n) is 2.93. The number of nitrogens with one attached hydrogen (secondary N) is 1. The normalized spacial score (nSPS) is 10.3. The lowest BCUT2D eigenvalue weighted by Crippen LogP contribution is -2.10. The zero-order valence-electron chi connectivity index (χ0n) is 12.0. The standard InChI is InChI=1S/C15H20N4O2/c1-2-9-21-15-13(16)14(18-10-19-15)17-8-7-11-3-5-12(20)6-4-11/h3-6,10,20H,2,7-9,16H2,1H3,(H,17,18,19). The molecule has 112 valence electrons. The molecular weight excluding hydrogens is 268 g/mol. The number of aromatic nitrogens is 2. The molecule has 0 aliphatic carbocycles. The summed E-state index contributed by atoms with van der Waals surface area (Å²) in [5.41, 5.74) is 7.53. The van der Waals surface area contributed by atoms with Crippen molar-refractivity contribution in [1.82, 2.24) is 9.97 Å². The van der Waals surface area contributed by atoms with Gasteiger partial charge in [-0.15, -0.1) is 0 Å². The summed E-state index contributed by atoms with van der Waals surface area (Å²) in [6.45, 7) is 3.28. The Bertz CT molecular complexity index is 572. The number of hydrogen-bond acceptors (Lipinski definition) is 6. The average Bonchev–Trinajstić information content (AvgIpc) is 2.50. The molecule has 0 saturated carbocycles. The first-order chi connectivity index (χ1) is 10.2. The van der Waals surface area contributed by atoms with E-state index in [9.17, 15) is 5.11 Å². The van der Waals surface area contributed by atoms with Gasteiger partial charge in [0, 0.05) is 6.54 Å². The Morgan fingerprint density at radius 2 is 2.00 bits per heavy atom. The van der Waals surface area contributed by atoms with Gasteiger partial charge >= 0.3 is 0 Å². The second-order valence-corrected chi connectivity index (χ2v) is 4.63. The Hall–Kier alpha value is -2.50. The number of hydrogen-bond donors (Lipinski definition) is 3. The molecule has 0 atom stereocenters. The van der Waals surface area contributed by atoms with E-state index in [1.807, 2.05) is 19.1 Å². The van der Waals surface area contributed by atoms with Gasteiger partial charge in [-0.05, 0) is 30.5 Å². The van der Waals surface area contributed by atoms with Gasteiger partial charge in [0.2, 0.25) is 5.88 Å². The molecule has 2 rings (SSSR count). The number of nitrogen functional groups attached to an aromatic ring is 1. The molecule has 6 heteroatoms. The molecule has 0 radical (unpaired) electrons. The van der Waals surface area contributed by atoms with E-state index < -0.39 is 0 Å². The van der Waals surface area contributed by atoms with Crippen LogP contribution < -0.4 is 15.8 Å². The largest absolute Gasteiger partial charge is 0.508 e. The molecule has 0 aliphatic heterocycles. The summed E-state index contributed by atoms with van der Waals surface area (Å²) >= 11 is 0. The Labute approximate surface area is 124 Å². The van der Waals surface area contributed by atoms with E-state index in [1.165, 1.54) is 6.33 Å². The van der Waals surface area contributed by atoms with Crippen molar-refractivity contribution < 1.29 is 9.84 Å². The smallest absolute Gasteiger partial charge is 0.242 e. The molecule has 0 amide bonds. The molecule has 0 saturated heterocycles. The summed E-state index contributed by atoms with van der Waals surface area (Å²) in [4.78, 5) is 8.15. The molecule has 0 spiro atoms. The van der Waals surface area contributed by atoms with E-state index in [0.717, 1.165) is 18.4 Å². The molecule has 4 N–H and O–H groups in total. The molecule has 21 heavy (non-hydrogen) atoms. The third kappa shape index (κ3) is 4.24. The second-order valence-electron chi connectivity index (χ2n) is 4.63. The highest BCUT2D eigenvalue weighted by Gasteiger charge is 2.08. The van der Waals surface area contributed by atoms with Crippen molar-refractivity contribution in [3.8, 4) is 11.6 Å². The van der Waals surface area contributed by atoms with Gasteiger partial charge in [0.1, 0.15) is 17.8 Å². The lowest BCUT2D eigenvalue weighted by atomic mass is 10.1. The molecule has 1 heterocycles. The van der Waals surface area contributed by atoms with Crippen LogP contribution >= 0.6 is 0 Å². The fourth-order valence-corrected chi connectivity index (χ4v) is 1.82. The molecular formula is C15H20N4O2. The van der Waals surface area contributed by atoms with Gasteiger partial charge < -0.3 is 20.9 Å². The van der Waals surface area contributed by atoms with E-state index in [2.05, 4.69) is 15.3 Å². The Balaban J connectivity index is 1.92. The van der Waals surface area contributed by atoms with Gasteiger partial charge in [-0.2, -0.15) is 4.98 Å². The number of nitrogens with two attached hydrogens (primary N) is 1. The molecule has 0 unspecified atom stereocenters. The zero-order chi connectivity index (χ0) is 15.1. The van der Waals surface area contributed by atoms with Crippen LogP contribution in [0.15, 0.2) is 30.6 Å². The second kappa shape index (κ2) is 7.33.